The van der Waals surface area contributed by atoms with E-state index in [0.29, 0.717) is 11.3 Å². The molecule has 1 saturated carbocycles. The molecule has 1 aromatic heterocycles. The monoisotopic (exact) mass is 509 g/mol. The van der Waals surface area contributed by atoms with Gasteiger partial charge in [0.2, 0.25) is 5.91 Å². The SMILES string of the molecule is O=C(NC1CCCCC1)[C@H](c1ccc(F)cc1)N(Cc1ccccc1)C(=O)c1ccc(-c2ccccc2)[nH]1. The van der Waals surface area contributed by atoms with E-state index in [-0.39, 0.29) is 24.4 Å². The molecule has 0 saturated heterocycles. The average molecular weight is 510 g/mol. The molecule has 3 aromatic carbocycles. The lowest BCUT2D eigenvalue weighted by molar-refractivity contribution is -0.127. The first-order chi connectivity index (χ1) is 18.6. The van der Waals surface area contributed by atoms with Gasteiger partial charge in [0.15, 0.2) is 0 Å². The number of hydrogen-bond donors (Lipinski definition) is 2. The van der Waals surface area contributed by atoms with Crippen LogP contribution >= 0.6 is 0 Å². The van der Waals surface area contributed by atoms with Crippen molar-refractivity contribution in [3.05, 3.63) is 120 Å². The Morgan fingerprint density at radius 3 is 2.18 bits per heavy atom. The largest absolute Gasteiger partial charge is 0.351 e. The zero-order valence-electron chi connectivity index (χ0n) is 21.3. The van der Waals surface area contributed by atoms with Crippen LogP contribution in [0.5, 0.6) is 0 Å². The van der Waals surface area contributed by atoms with E-state index < -0.39 is 11.9 Å². The zero-order valence-corrected chi connectivity index (χ0v) is 21.3. The van der Waals surface area contributed by atoms with Gasteiger partial charge in [-0.1, -0.05) is 92.1 Å². The quantitative estimate of drug-likeness (QED) is 0.279. The maximum Gasteiger partial charge on any atom is 0.271 e. The van der Waals surface area contributed by atoms with Crippen LogP contribution in [-0.4, -0.2) is 27.7 Å². The molecule has 38 heavy (non-hydrogen) atoms. The molecule has 0 bridgehead atoms. The molecule has 194 valence electrons. The fraction of sp³-hybridized carbons (Fsp3) is 0.250. The summed E-state index contributed by atoms with van der Waals surface area (Å²) in [6.45, 7) is 0.222. The van der Waals surface area contributed by atoms with Crippen molar-refractivity contribution >= 4 is 11.8 Å². The summed E-state index contributed by atoms with van der Waals surface area (Å²) in [6, 6.07) is 28.0. The van der Waals surface area contributed by atoms with Crippen LogP contribution < -0.4 is 5.32 Å². The summed E-state index contributed by atoms with van der Waals surface area (Å²) in [5.74, 6) is -0.940. The minimum atomic E-state index is -0.922. The highest BCUT2D eigenvalue weighted by Crippen LogP contribution is 2.28. The van der Waals surface area contributed by atoms with E-state index in [1.165, 1.54) is 18.6 Å². The third kappa shape index (κ3) is 6.02. The summed E-state index contributed by atoms with van der Waals surface area (Å²) < 4.78 is 13.9. The molecule has 4 aromatic rings. The van der Waals surface area contributed by atoms with Gasteiger partial charge >= 0.3 is 0 Å². The molecule has 0 aliphatic heterocycles. The van der Waals surface area contributed by atoms with E-state index >= 15 is 0 Å². The molecule has 1 heterocycles. The van der Waals surface area contributed by atoms with E-state index in [9.17, 15) is 14.0 Å². The third-order valence-corrected chi connectivity index (χ3v) is 7.16. The number of hydrogen-bond acceptors (Lipinski definition) is 2. The summed E-state index contributed by atoms with van der Waals surface area (Å²) in [4.78, 5) is 32.8. The molecular weight excluding hydrogens is 477 g/mol. The van der Waals surface area contributed by atoms with Crippen molar-refractivity contribution in [2.24, 2.45) is 0 Å². The molecule has 5 nitrogen and oxygen atoms in total. The van der Waals surface area contributed by atoms with Crippen molar-refractivity contribution in [1.82, 2.24) is 15.2 Å². The van der Waals surface area contributed by atoms with Gasteiger partial charge in [-0.05, 0) is 53.8 Å². The molecule has 5 rings (SSSR count). The summed E-state index contributed by atoms with van der Waals surface area (Å²) in [6.07, 6.45) is 5.16. The van der Waals surface area contributed by atoms with Gasteiger partial charge in [0.25, 0.3) is 5.91 Å². The van der Waals surface area contributed by atoms with E-state index in [0.717, 1.165) is 42.5 Å². The predicted molar refractivity (Wildman–Crippen MR) is 147 cm³/mol. The van der Waals surface area contributed by atoms with E-state index in [4.69, 9.17) is 0 Å². The van der Waals surface area contributed by atoms with Crippen molar-refractivity contribution in [2.75, 3.05) is 0 Å². The lowest BCUT2D eigenvalue weighted by atomic mass is 9.94. The van der Waals surface area contributed by atoms with Gasteiger partial charge in [-0.25, -0.2) is 4.39 Å². The fourth-order valence-corrected chi connectivity index (χ4v) is 5.17. The minimum Gasteiger partial charge on any atom is -0.351 e. The van der Waals surface area contributed by atoms with Crippen LogP contribution in [0.2, 0.25) is 0 Å². The molecule has 0 unspecified atom stereocenters. The topological polar surface area (TPSA) is 65.2 Å². The molecule has 6 heteroatoms. The van der Waals surface area contributed by atoms with Gasteiger partial charge in [0, 0.05) is 18.3 Å². The lowest BCUT2D eigenvalue weighted by Gasteiger charge is -2.33. The third-order valence-electron chi connectivity index (χ3n) is 7.16. The first-order valence-electron chi connectivity index (χ1n) is 13.2. The van der Waals surface area contributed by atoms with Gasteiger partial charge in [-0.3, -0.25) is 9.59 Å². The van der Waals surface area contributed by atoms with Crippen LogP contribution in [0, 0.1) is 5.82 Å². The molecule has 1 atom stereocenters. The number of carbonyl (C=O) groups excluding carboxylic acids is 2. The molecule has 2 N–H and O–H groups in total. The van der Waals surface area contributed by atoms with Gasteiger partial charge in [0.1, 0.15) is 17.6 Å². The first kappa shape index (κ1) is 25.5. The van der Waals surface area contributed by atoms with Crippen LogP contribution in [0.25, 0.3) is 11.3 Å². The number of rotatable bonds is 8. The second kappa shape index (κ2) is 11.9. The van der Waals surface area contributed by atoms with Crippen LogP contribution in [0.3, 0.4) is 0 Å². The summed E-state index contributed by atoms with van der Waals surface area (Å²) in [5, 5.41) is 3.20. The normalized spacial score (nSPS) is 14.6. The second-order valence-electron chi connectivity index (χ2n) is 9.87. The Bertz CT molecular complexity index is 1350. The Balaban J connectivity index is 1.52. The predicted octanol–water partition coefficient (Wildman–Crippen LogP) is 6.65. The van der Waals surface area contributed by atoms with Crippen molar-refractivity contribution < 1.29 is 14.0 Å². The Labute approximate surface area is 222 Å². The summed E-state index contributed by atoms with van der Waals surface area (Å²) >= 11 is 0. The van der Waals surface area contributed by atoms with Gasteiger partial charge < -0.3 is 15.2 Å². The first-order valence-corrected chi connectivity index (χ1v) is 13.2. The lowest BCUT2D eigenvalue weighted by Crippen LogP contribution is -2.47. The average Bonchev–Trinajstić information content (AvgIpc) is 3.45. The van der Waals surface area contributed by atoms with Gasteiger partial charge in [-0.2, -0.15) is 0 Å². The molecular formula is C32H32FN3O2. The van der Waals surface area contributed by atoms with Crippen molar-refractivity contribution in [1.29, 1.82) is 0 Å². The Kier molecular flexibility index (Phi) is 7.98. The molecule has 0 radical (unpaired) electrons. The minimum absolute atomic E-state index is 0.0723. The Hall–Kier alpha value is -4.19. The van der Waals surface area contributed by atoms with Crippen LogP contribution in [-0.2, 0) is 11.3 Å². The smallest absolute Gasteiger partial charge is 0.271 e. The van der Waals surface area contributed by atoms with E-state index in [2.05, 4.69) is 10.3 Å². The van der Waals surface area contributed by atoms with Crippen LogP contribution in [0.4, 0.5) is 4.39 Å². The highest BCUT2D eigenvalue weighted by Gasteiger charge is 2.34. The van der Waals surface area contributed by atoms with Crippen molar-refractivity contribution in [3.63, 3.8) is 0 Å². The van der Waals surface area contributed by atoms with Crippen molar-refractivity contribution in [2.45, 2.75) is 50.7 Å². The summed E-state index contributed by atoms with van der Waals surface area (Å²) in [5.41, 5.74) is 3.63. The fourth-order valence-electron chi connectivity index (χ4n) is 5.17. The maximum absolute atomic E-state index is 14.1. The van der Waals surface area contributed by atoms with Crippen molar-refractivity contribution in [3.8, 4) is 11.3 Å². The highest BCUT2D eigenvalue weighted by molar-refractivity contribution is 5.97. The highest BCUT2D eigenvalue weighted by atomic mass is 19.1. The number of halogens is 1. The Morgan fingerprint density at radius 1 is 0.842 bits per heavy atom. The number of H-pyrrole nitrogens is 1. The number of aromatic amines is 1. The van der Waals surface area contributed by atoms with Crippen LogP contribution in [0.15, 0.2) is 97.1 Å². The number of carbonyl (C=O) groups is 2. The maximum atomic E-state index is 14.1. The number of benzene rings is 3. The molecule has 1 fully saturated rings. The number of aromatic nitrogens is 1. The molecule has 1 aliphatic carbocycles. The molecule has 1 aliphatic rings. The second-order valence-corrected chi connectivity index (χ2v) is 9.87. The number of nitrogens with one attached hydrogen (secondary N) is 2. The van der Waals surface area contributed by atoms with Gasteiger partial charge in [0.05, 0.1) is 0 Å². The van der Waals surface area contributed by atoms with E-state index in [1.54, 1.807) is 23.1 Å². The standard InChI is InChI=1S/C32H32FN3O2/c33-26-18-16-25(17-19-26)30(31(37)34-27-14-8-3-9-15-27)36(22-23-10-4-1-5-11-23)32(38)29-21-20-28(35-29)24-12-6-2-7-13-24/h1-2,4-7,10-13,16-21,27,30,35H,3,8-9,14-15,22H2,(H,34,37)/t30-/m0/s1. The van der Waals surface area contributed by atoms with Crippen LogP contribution in [0.1, 0.15) is 59.8 Å². The van der Waals surface area contributed by atoms with Gasteiger partial charge in [-0.15, -0.1) is 0 Å². The molecule has 2 amide bonds. The zero-order chi connectivity index (χ0) is 26.3. The Morgan fingerprint density at radius 2 is 1.50 bits per heavy atom. The molecule has 0 spiro atoms. The van der Waals surface area contributed by atoms with E-state index in [1.807, 2.05) is 66.7 Å². The summed E-state index contributed by atoms with van der Waals surface area (Å²) in [7, 11) is 0. The number of nitrogens with zero attached hydrogens (tertiary/aromatic N) is 1. The number of amides is 2.